The summed E-state index contributed by atoms with van der Waals surface area (Å²) >= 11 is 0. The molecule has 2 rings (SSSR count). The van der Waals surface area contributed by atoms with Crippen LogP contribution >= 0.6 is 24.0 Å². The van der Waals surface area contributed by atoms with Crippen molar-refractivity contribution >= 4 is 35.8 Å². The van der Waals surface area contributed by atoms with Crippen molar-refractivity contribution in [2.45, 2.75) is 20.0 Å². The molecule has 1 unspecified atom stereocenters. The second-order valence-corrected chi connectivity index (χ2v) is 6.00. The van der Waals surface area contributed by atoms with Crippen LogP contribution in [0, 0.1) is 5.82 Å². The van der Waals surface area contributed by atoms with Gasteiger partial charge in [-0.15, -0.1) is 24.0 Å². The van der Waals surface area contributed by atoms with Gasteiger partial charge in [-0.05, 0) is 38.1 Å². The number of hydrogen-bond acceptors (Lipinski definition) is 4. The van der Waals surface area contributed by atoms with Gasteiger partial charge in [0.1, 0.15) is 6.10 Å². The third-order valence-electron chi connectivity index (χ3n) is 3.64. The van der Waals surface area contributed by atoms with Gasteiger partial charge in [0.25, 0.3) is 5.91 Å². The fourth-order valence-electron chi connectivity index (χ4n) is 2.31. The number of para-hydroxylation sites is 1. The first kappa shape index (κ1) is 24.6. The zero-order chi connectivity index (χ0) is 20.2. The predicted molar refractivity (Wildman–Crippen MR) is 122 cm³/mol. The molecule has 9 heteroatoms. The Kier molecular flexibility index (Phi) is 11.6. The Bertz CT molecular complexity index is 776. The second kappa shape index (κ2) is 13.7. The number of pyridine rings is 1. The van der Waals surface area contributed by atoms with Crippen LogP contribution in [0.4, 0.5) is 4.39 Å². The van der Waals surface area contributed by atoms with E-state index >= 15 is 0 Å². The molecule has 0 bridgehead atoms. The van der Waals surface area contributed by atoms with E-state index < -0.39 is 5.82 Å². The molecule has 0 saturated carbocycles. The standard InChI is InChI=1S/C20H26FN5O2.HI/c1-3-23-20(25-12-11-24-19(27)16-7-6-10-22-14-16)26-13-15(2)28-18-9-5-4-8-17(18)21;/h4-10,14-15H,3,11-13H2,1-2H3,(H,24,27)(H2,23,25,26);1H. The van der Waals surface area contributed by atoms with Crippen molar-refractivity contribution < 1.29 is 13.9 Å². The molecule has 0 aliphatic rings. The number of halogens is 2. The Balaban J connectivity index is 0.00000420. The number of aliphatic imine (C=N–C) groups is 1. The van der Waals surface area contributed by atoms with E-state index in [-0.39, 0.29) is 41.7 Å². The Morgan fingerprint density at radius 3 is 2.62 bits per heavy atom. The van der Waals surface area contributed by atoms with E-state index in [1.165, 1.54) is 12.3 Å². The number of nitrogens with one attached hydrogen (secondary N) is 3. The van der Waals surface area contributed by atoms with Gasteiger partial charge >= 0.3 is 0 Å². The maximum absolute atomic E-state index is 13.6. The first-order valence-electron chi connectivity index (χ1n) is 9.21. The number of rotatable bonds is 9. The van der Waals surface area contributed by atoms with Crippen molar-refractivity contribution in [2.75, 3.05) is 26.2 Å². The zero-order valence-corrected chi connectivity index (χ0v) is 18.9. The molecule has 0 spiro atoms. The highest BCUT2D eigenvalue weighted by Crippen LogP contribution is 2.16. The molecule has 7 nitrogen and oxygen atoms in total. The van der Waals surface area contributed by atoms with Gasteiger partial charge in [-0.3, -0.25) is 9.78 Å². The van der Waals surface area contributed by atoms with E-state index in [9.17, 15) is 9.18 Å². The average molecular weight is 515 g/mol. The maximum Gasteiger partial charge on any atom is 0.252 e. The smallest absolute Gasteiger partial charge is 0.252 e. The van der Waals surface area contributed by atoms with Gasteiger partial charge in [0.15, 0.2) is 17.5 Å². The molecule has 3 N–H and O–H groups in total. The van der Waals surface area contributed by atoms with Crippen LogP contribution in [0.5, 0.6) is 5.75 Å². The molecule has 158 valence electrons. The molecule has 0 radical (unpaired) electrons. The Labute approximate surface area is 187 Å². The third kappa shape index (κ3) is 9.07. The fraction of sp³-hybridized carbons (Fsp3) is 0.350. The van der Waals surface area contributed by atoms with Crippen LogP contribution in [0.1, 0.15) is 24.2 Å². The Hall–Kier alpha value is -2.43. The number of ether oxygens (including phenoxy) is 1. The largest absolute Gasteiger partial charge is 0.486 e. The summed E-state index contributed by atoms with van der Waals surface area (Å²) in [5, 5.41) is 9.07. The molecule has 0 fully saturated rings. The molecule has 2 aromatic rings. The van der Waals surface area contributed by atoms with E-state index in [1.54, 1.807) is 36.5 Å². The topological polar surface area (TPSA) is 87.6 Å². The van der Waals surface area contributed by atoms with E-state index in [1.807, 2.05) is 13.8 Å². The molecule has 1 amide bonds. The highest BCUT2D eigenvalue weighted by atomic mass is 127. The monoisotopic (exact) mass is 515 g/mol. The van der Waals surface area contributed by atoms with Gasteiger partial charge in [0, 0.05) is 32.0 Å². The van der Waals surface area contributed by atoms with Crippen molar-refractivity contribution in [3.8, 4) is 5.75 Å². The van der Waals surface area contributed by atoms with Crippen LogP contribution in [-0.4, -0.2) is 49.1 Å². The van der Waals surface area contributed by atoms with E-state index in [4.69, 9.17) is 4.74 Å². The quantitative estimate of drug-likeness (QED) is 0.207. The summed E-state index contributed by atoms with van der Waals surface area (Å²) in [4.78, 5) is 20.3. The highest BCUT2D eigenvalue weighted by Gasteiger charge is 2.08. The SMILES string of the molecule is CCNC(=NCC(C)Oc1ccccc1F)NCCNC(=O)c1cccnc1.I. The molecule has 1 heterocycles. The van der Waals surface area contributed by atoms with Crippen molar-refractivity contribution in [3.05, 3.63) is 60.2 Å². The van der Waals surface area contributed by atoms with Gasteiger partial charge < -0.3 is 20.7 Å². The lowest BCUT2D eigenvalue weighted by Gasteiger charge is -2.15. The number of hydrogen-bond donors (Lipinski definition) is 3. The second-order valence-electron chi connectivity index (χ2n) is 6.00. The molecular formula is C20H27FIN5O2. The van der Waals surface area contributed by atoms with Gasteiger partial charge in [0.05, 0.1) is 12.1 Å². The lowest BCUT2D eigenvalue weighted by Crippen LogP contribution is -2.42. The van der Waals surface area contributed by atoms with Crippen LogP contribution < -0.4 is 20.7 Å². The minimum atomic E-state index is -0.396. The number of benzene rings is 1. The number of guanidine groups is 1. The van der Waals surface area contributed by atoms with Gasteiger partial charge in [-0.25, -0.2) is 9.38 Å². The first-order valence-corrected chi connectivity index (χ1v) is 9.21. The van der Waals surface area contributed by atoms with Gasteiger partial charge in [-0.2, -0.15) is 0 Å². The Morgan fingerprint density at radius 1 is 1.17 bits per heavy atom. The highest BCUT2D eigenvalue weighted by molar-refractivity contribution is 14.0. The lowest BCUT2D eigenvalue weighted by molar-refractivity contribution is 0.0954. The summed E-state index contributed by atoms with van der Waals surface area (Å²) in [6.07, 6.45) is 2.84. The lowest BCUT2D eigenvalue weighted by atomic mass is 10.3. The fourth-order valence-corrected chi connectivity index (χ4v) is 2.31. The van der Waals surface area contributed by atoms with Crippen molar-refractivity contribution in [1.82, 2.24) is 20.9 Å². The summed E-state index contributed by atoms with van der Waals surface area (Å²) in [6, 6.07) is 9.71. The van der Waals surface area contributed by atoms with E-state index in [2.05, 4.69) is 25.9 Å². The summed E-state index contributed by atoms with van der Waals surface area (Å²) in [6.45, 7) is 5.76. The van der Waals surface area contributed by atoms with E-state index in [0.717, 1.165) is 0 Å². The molecule has 1 aromatic heterocycles. The summed E-state index contributed by atoms with van der Waals surface area (Å²) in [5.74, 6) is 0.236. The van der Waals surface area contributed by atoms with Crippen LogP contribution in [0.15, 0.2) is 53.8 Å². The molecule has 29 heavy (non-hydrogen) atoms. The number of aromatic nitrogens is 1. The molecule has 1 atom stereocenters. The molecular weight excluding hydrogens is 488 g/mol. The number of carbonyl (C=O) groups is 1. The Morgan fingerprint density at radius 2 is 1.93 bits per heavy atom. The zero-order valence-electron chi connectivity index (χ0n) is 16.5. The van der Waals surface area contributed by atoms with Crippen LogP contribution in [0.3, 0.4) is 0 Å². The summed E-state index contributed by atoms with van der Waals surface area (Å²) in [7, 11) is 0. The molecule has 0 saturated heterocycles. The summed E-state index contributed by atoms with van der Waals surface area (Å²) in [5.41, 5.74) is 0.516. The van der Waals surface area contributed by atoms with Crippen LogP contribution in [0.2, 0.25) is 0 Å². The van der Waals surface area contributed by atoms with E-state index in [0.29, 0.717) is 37.7 Å². The normalized spacial score (nSPS) is 11.8. The number of amides is 1. The maximum atomic E-state index is 13.6. The summed E-state index contributed by atoms with van der Waals surface area (Å²) < 4.78 is 19.2. The average Bonchev–Trinajstić information content (AvgIpc) is 2.71. The van der Waals surface area contributed by atoms with Crippen molar-refractivity contribution in [1.29, 1.82) is 0 Å². The third-order valence-corrected chi connectivity index (χ3v) is 3.64. The predicted octanol–water partition coefficient (Wildman–Crippen LogP) is 2.59. The number of nitrogens with zero attached hydrogens (tertiary/aromatic N) is 2. The first-order chi connectivity index (χ1) is 13.6. The minimum Gasteiger partial charge on any atom is -0.486 e. The van der Waals surface area contributed by atoms with Crippen LogP contribution in [-0.2, 0) is 0 Å². The van der Waals surface area contributed by atoms with Gasteiger partial charge in [0.2, 0.25) is 0 Å². The molecule has 0 aliphatic carbocycles. The molecule has 1 aromatic carbocycles. The van der Waals surface area contributed by atoms with Crippen molar-refractivity contribution in [2.24, 2.45) is 4.99 Å². The van der Waals surface area contributed by atoms with Crippen molar-refractivity contribution in [3.63, 3.8) is 0 Å². The molecule has 0 aliphatic heterocycles. The number of carbonyl (C=O) groups excluding carboxylic acids is 1. The van der Waals surface area contributed by atoms with Gasteiger partial charge in [-0.1, -0.05) is 12.1 Å². The van der Waals surface area contributed by atoms with Crippen LogP contribution in [0.25, 0.3) is 0 Å². The minimum absolute atomic E-state index is 0.